The minimum Gasteiger partial charge on any atom is -0.716 e. The summed E-state index contributed by atoms with van der Waals surface area (Å²) in [6.07, 6.45) is -24.2. The summed E-state index contributed by atoms with van der Waals surface area (Å²) in [5, 5.41) is 0. The van der Waals surface area contributed by atoms with E-state index in [1.807, 2.05) is 0 Å². The van der Waals surface area contributed by atoms with Crippen molar-refractivity contribution in [1.82, 2.24) is 0 Å². The molecule has 6 atom stereocenters. The minimum absolute atomic E-state index is 0. The van der Waals surface area contributed by atoms with E-state index in [0.29, 0.717) is 0 Å². The Kier molecular flexibility index (Phi) is 61.8. The average Bonchev–Trinajstić information content (AvgIpc) is 0.743. The van der Waals surface area contributed by atoms with Gasteiger partial charge in [0.15, 0.2) is 42.4 Å². The van der Waals surface area contributed by atoms with Crippen molar-refractivity contribution in [2.24, 2.45) is 0 Å². The molecule has 660 valence electrons. The van der Waals surface area contributed by atoms with Gasteiger partial charge in [-0.3, -0.25) is 0 Å². The molecule has 1 fully saturated rings. The Morgan fingerprint density at radius 2 is 0.303 bits per heavy atom. The summed E-state index contributed by atoms with van der Waals surface area (Å²) in [6, 6.07) is -2.50. The maximum atomic E-state index is 15.2. The first-order chi connectivity index (χ1) is 54.2. The third kappa shape index (κ3) is 51.9. The molecular weight excluding hydrogens is 2200 g/mol. The van der Waals surface area contributed by atoms with Crippen LogP contribution in [0.3, 0.4) is 0 Å². The number of carbonyl (C=O) groups is 6. The van der Waals surface area contributed by atoms with Crippen LogP contribution < -0.4 is 405 Å². The van der Waals surface area contributed by atoms with E-state index in [0.717, 1.165) is 0 Å². The van der Waals surface area contributed by atoms with Crippen molar-refractivity contribution in [2.75, 3.05) is 0 Å². The van der Waals surface area contributed by atoms with E-state index < -0.39 is 300 Å². The van der Waals surface area contributed by atoms with E-state index in [9.17, 15) is 156 Å². The molecule has 2 unspecified atom stereocenters. The number of ether oxygens (including phenoxy) is 6. The molecule has 0 amide bonds. The first kappa shape index (κ1) is 143. The number of benzene rings is 6. The second-order valence-corrected chi connectivity index (χ2v) is 33.0. The van der Waals surface area contributed by atoms with Crippen LogP contribution in [0, 0.1) is 0 Å². The fraction of sp³-hybridized carbons (Fsp3) is 0.125. The number of carbonyl (C=O) groups excluding carboxylic acids is 6. The summed E-state index contributed by atoms with van der Waals surface area (Å²) < 4.78 is 513. The van der Waals surface area contributed by atoms with Gasteiger partial charge in [0.05, 0.1) is 27.8 Å². The van der Waals surface area contributed by atoms with Crippen LogP contribution >= 0.6 is 0 Å². The molecule has 60 nitrogen and oxygen atoms in total. The molecule has 6 aromatic carbocycles. The van der Waals surface area contributed by atoms with Crippen molar-refractivity contribution >= 4 is 161 Å². The van der Waals surface area contributed by atoms with Crippen molar-refractivity contribution in [2.45, 2.75) is 36.6 Å². The first-order valence-electron chi connectivity index (χ1n) is 28.2. The monoisotopic (exact) mass is 2220 g/mol. The van der Waals surface area contributed by atoms with Crippen LogP contribution in [0.4, 0.5) is 0 Å². The Morgan fingerprint density at radius 1 is 0.174 bits per heavy atom. The maximum absolute atomic E-state index is 15.2. The van der Waals surface area contributed by atoms with Gasteiger partial charge < -0.3 is 133 Å². The summed E-state index contributed by atoms with van der Waals surface area (Å²) in [7, 11) is -76.0. The summed E-state index contributed by atoms with van der Waals surface area (Å²) in [5.74, 6) is -37.8. The van der Waals surface area contributed by atoms with Gasteiger partial charge in [-0.05, 0) is 72.8 Å². The van der Waals surface area contributed by atoms with Crippen molar-refractivity contribution < 1.29 is 618 Å². The summed E-state index contributed by atoms with van der Waals surface area (Å²) >= 11 is 0. The van der Waals surface area contributed by atoms with Gasteiger partial charge in [0.2, 0.25) is 0 Å². The fourth-order valence-corrected chi connectivity index (χ4v) is 13.2. The van der Waals surface area contributed by atoms with Gasteiger partial charge in [-0.15, -0.1) is 0 Å². The number of hydrogen-bond donors (Lipinski definition) is 0. The van der Waals surface area contributed by atoms with Gasteiger partial charge in [0.25, 0.3) is 125 Å². The van der Waals surface area contributed by atoms with E-state index >= 15 is 28.8 Å². The maximum Gasteiger partial charge on any atom is 1.00 e. The van der Waals surface area contributed by atoms with Gasteiger partial charge in [-0.1, -0.05) is 0 Å². The molecule has 7 rings (SSSR count). The van der Waals surface area contributed by atoms with Crippen molar-refractivity contribution in [1.29, 1.82) is 0 Å². The molecule has 1 saturated carbocycles. The van der Waals surface area contributed by atoms with E-state index in [2.05, 4.69) is 50.2 Å². The van der Waals surface area contributed by atoms with Crippen LogP contribution in [0.5, 0.6) is 69.0 Å². The molecule has 0 aromatic heterocycles. The molecule has 1 aliphatic rings. The van der Waals surface area contributed by atoms with Crippen molar-refractivity contribution in [3.05, 3.63) is 143 Å². The molecule has 6 aromatic rings. The molecule has 1 aliphatic carbocycles. The van der Waals surface area contributed by atoms with Gasteiger partial charge in [0.1, 0.15) is 68.8 Å². The quantitative estimate of drug-likeness (QED) is 0.0116. The van der Waals surface area contributed by atoms with Crippen LogP contribution in [0.25, 0.3) is 0 Å². The zero-order valence-electron chi connectivity index (χ0n) is 67.3. The largest absolute Gasteiger partial charge is 1.00 e. The molecule has 0 heterocycles. The number of rotatable bonds is 36. The molecule has 0 aliphatic heterocycles. The van der Waals surface area contributed by atoms with Crippen LogP contribution in [-0.4, -0.2) is 228 Å². The second-order valence-electron chi connectivity index (χ2n) is 21.2. The third-order valence-electron chi connectivity index (χ3n) is 12.5. The molecule has 0 N–H and O–H groups in total. The molecule has 84 heteroatoms. The van der Waals surface area contributed by atoms with Crippen LogP contribution in [-0.2, 0) is 153 Å². The summed E-state index contributed by atoms with van der Waals surface area (Å²) in [5.41, 5.74) is -11.2. The SMILES string of the molecule is O=C(OC1[C@H](OC(=O)c2cc(OS(=O)(=O)[O-])cc(OS(=O)(=O)[O-])c2)[C@H](OC(=O)c2cc(OS(=O)(=O)[O-])cc(OS(=O)(=O)[O-])c2)C(OC(=O)c2ccc(OS(=O)(=O)[O-])cc2OS(=O)(=O)[O-])[C@H](OC(=O)c2cc(OS(=O)(=O)[O-])cc(OS(=O)(=O)[O-])c2)[C@H]1OC(=O)c1cc(OS(=O)(=O)[O-])cc(OS(=O)(=O)[O-])c1)c1cc(OS(=O)(=O)[O-])cc(OS(=O)(=O)[O-])c1.[Na+].[Na+].[Na+].[Na+].[Na+].[Na+].[Na+].[Na+].[Na+].[Na+].[Na+].[Na+]. The van der Waals surface area contributed by atoms with Gasteiger partial charge in [0, 0.05) is 36.4 Å². The van der Waals surface area contributed by atoms with Gasteiger partial charge >= 0.3 is 391 Å². The smallest absolute Gasteiger partial charge is 0.716 e. The van der Waals surface area contributed by atoms with E-state index in [1.54, 1.807) is 0 Å². The first-order valence-corrected chi connectivity index (χ1v) is 44.2. The zero-order chi connectivity index (χ0) is 90.8. The van der Waals surface area contributed by atoms with Crippen LogP contribution in [0.1, 0.15) is 62.1 Å². The van der Waals surface area contributed by atoms with E-state index in [4.69, 9.17) is 28.4 Å². The molecular formula is C48H24Na12O60S12. The minimum atomic E-state index is -6.58. The Balaban J connectivity index is -0.00000331. The molecule has 0 radical (unpaired) electrons. The Labute approximate surface area is 1010 Å². The van der Waals surface area contributed by atoms with E-state index in [-0.39, 0.29) is 464 Å². The Bertz CT molecular complexity index is 6170. The number of hydrogen-bond acceptors (Lipinski definition) is 60. The normalized spacial score (nSPS) is 15.5. The second kappa shape index (κ2) is 57.0. The zero-order valence-corrected chi connectivity index (χ0v) is 101. The topological polar surface area (TPSA) is 955 Å². The Hall–Kier alpha value is 0.660. The van der Waals surface area contributed by atoms with Crippen LogP contribution in [0.2, 0.25) is 0 Å². The van der Waals surface area contributed by atoms with Gasteiger partial charge in [-0.25, -0.2) is 130 Å². The summed E-state index contributed by atoms with van der Waals surface area (Å²) in [4.78, 5) is 91.2. The van der Waals surface area contributed by atoms with E-state index in [1.165, 1.54) is 0 Å². The van der Waals surface area contributed by atoms with Crippen molar-refractivity contribution in [3.63, 3.8) is 0 Å². The molecule has 0 spiro atoms. The number of esters is 6. The van der Waals surface area contributed by atoms with Gasteiger partial charge in [-0.2, -0.15) is 0 Å². The average molecular weight is 2220 g/mol. The molecule has 0 bridgehead atoms. The predicted octanol–water partition coefficient (Wildman–Crippen LogP) is -42.5. The Morgan fingerprint density at radius 3 is 0.439 bits per heavy atom. The standard InChI is InChI=1S/C48H36O60S12.12Na/c49-43(19-3-25(98-110(58,59)60)13-26(4-19)99-111(61,62)63)91-37-38(92-44(50)20-5-27(100-112(64,65)66)14-28(6-20)101-113(67,68)69)40(94-46(52)22-9-31(104-116(76,77)78)16-32(10-22)105-117(79,80)81)42(96-48(54)35-2-1-24(97-109(55,56)57)18-36(35)108-120(88,89)90)41(95-47(53)23-11-33(106-118(82,83)84)17-34(12-23)107-119(85,86)87)39(37)93-45(51)21-7-29(102-114(70,71)72)15-30(8-21)103-115(73,74)75;;;;;;;;;;;;/h1-18,37-42H,(H,55,56,57)(H,58,59,60)(H,61,62,63)(H,64,65,66)(H,67,68,69)(H,70,71,72)(H,73,74,75)(H,76,77,78)(H,79,80,81)(H,82,83,84)(H,85,86,87)(H,88,89,90);;;;;;;;;;;;/q;12*+1/p-12/t37?,38-,39-,40-,41+,42?;;;;;;;;;;;;/m0............/s1. The predicted molar refractivity (Wildman–Crippen MR) is 338 cm³/mol. The van der Waals surface area contributed by atoms with Crippen molar-refractivity contribution in [3.8, 4) is 69.0 Å². The third-order valence-corrected chi connectivity index (χ3v) is 17.3. The molecule has 132 heavy (non-hydrogen) atoms. The van der Waals surface area contributed by atoms with Crippen LogP contribution in [0.15, 0.2) is 109 Å². The fourth-order valence-electron chi connectivity index (χ4n) is 9.20. The summed E-state index contributed by atoms with van der Waals surface area (Å²) in [6.45, 7) is 0. The molecule has 0 saturated heterocycles.